The van der Waals surface area contributed by atoms with Gasteiger partial charge in [-0.25, -0.2) is 9.97 Å². The minimum Gasteiger partial charge on any atom is -0.341 e. The van der Waals surface area contributed by atoms with Gasteiger partial charge in [0.2, 0.25) is 12.4 Å². The molecule has 2 heterocycles. The van der Waals surface area contributed by atoms with Gasteiger partial charge in [-0.1, -0.05) is 24.3 Å². The Morgan fingerprint density at radius 2 is 1.97 bits per heavy atom. The zero-order valence-corrected chi connectivity index (χ0v) is 19.8. The molecule has 2 aromatic rings. The number of hydrogen-bond donors (Lipinski definition) is 2. The molecule has 2 N–H and O–H groups in total. The van der Waals surface area contributed by atoms with Crippen LogP contribution in [-0.4, -0.2) is 54.2 Å². The Balaban J connectivity index is 1.28. The van der Waals surface area contributed by atoms with Crippen LogP contribution < -0.4 is 15.5 Å². The smallest absolute Gasteiger partial charge is 0.264 e. The predicted octanol–water partition coefficient (Wildman–Crippen LogP) is 2.82. The fourth-order valence-corrected chi connectivity index (χ4v) is 5.10. The molecule has 7 nitrogen and oxygen atoms in total. The number of rotatable bonds is 8. The van der Waals surface area contributed by atoms with Gasteiger partial charge in [0, 0.05) is 25.3 Å². The van der Waals surface area contributed by atoms with Gasteiger partial charge in [-0.15, -0.1) is 11.8 Å². The fraction of sp³-hybridized carbons (Fsp3) is 0.440. The Labute approximate surface area is 199 Å². The largest absolute Gasteiger partial charge is 0.341 e. The zero-order chi connectivity index (χ0) is 23.0. The van der Waals surface area contributed by atoms with Crippen molar-refractivity contribution in [2.24, 2.45) is 5.92 Å². The van der Waals surface area contributed by atoms with E-state index < -0.39 is 5.91 Å². The van der Waals surface area contributed by atoms with Crippen molar-refractivity contribution in [3.63, 3.8) is 0 Å². The van der Waals surface area contributed by atoms with E-state index in [0.717, 1.165) is 38.9 Å². The van der Waals surface area contributed by atoms with E-state index in [0.29, 0.717) is 34.9 Å². The molecule has 0 spiro atoms. The number of carbonyl (C=O) groups excluding carboxylic acids is 2. The molecule has 2 amide bonds. The first kappa shape index (κ1) is 23.4. The second kappa shape index (κ2) is 11.4. The third kappa shape index (κ3) is 6.21. The Hall–Kier alpha value is -2.71. The second-order valence-electron chi connectivity index (χ2n) is 8.63. The molecule has 1 fully saturated rings. The number of anilines is 1. The highest BCUT2D eigenvalue weighted by molar-refractivity contribution is 8.03. The minimum absolute atomic E-state index is 0.393. The van der Waals surface area contributed by atoms with E-state index in [2.05, 4.69) is 49.8 Å². The molecular weight excluding hydrogens is 434 g/mol. The lowest BCUT2D eigenvalue weighted by molar-refractivity contribution is -0.121. The van der Waals surface area contributed by atoms with Crippen molar-refractivity contribution in [1.29, 1.82) is 0 Å². The van der Waals surface area contributed by atoms with Crippen LogP contribution in [0.2, 0.25) is 0 Å². The number of fused-ring (bicyclic) bond motifs is 1. The summed E-state index contributed by atoms with van der Waals surface area (Å²) >= 11 is 1.28. The van der Waals surface area contributed by atoms with Crippen LogP contribution >= 0.6 is 11.8 Å². The molecule has 0 radical (unpaired) electrons. The topological polar surface area (TPSA) is 87.2 Å². The second-order valence-corrected chi connectivity index (χ2v) is 9.48. The molecule has 8 heteroatoms. The van der Waals surface area contributed by atoms with Gasteiger partial charge >= 0.3 is 0 Å². The van der Waals surface area contributed by atoms with Crippen LogP contribution in [0.25, 0.3) is 6.08 Å². The zero-order valence-electron chi connectivity index (χ0n) is 19.0. The van der Waals surface area contributed by atoms with Gasteiger partial charge in [0.15, 0.2) is 0 Å². The first-order chi connectivity index (χ1) is 16.2. The van der Waals surface area contributed by atoms with E-state index in [9.17, 15) is 9.59 Å². The van der Waals surface area contributed by atoms with Crippen molar-refractivity contribution in [1.82, 2.24) is 20.6 Å². The molecule has 2 aliphatic rings. The third-order valence-electron chi connectivity index (χ3n) is 6.52. The van der Waals surface area contributed by atoms with Gasteiger partial charge < -0.3 is 10.2 Å². The van der Waals surface area contributed by atoms with E-state index in [1.807, 2.05) is 0 Å². The van der Waals surface area contributed by atoms with Crippen molar-refractivity contribution in [3.05, 3.63) is 58.3 Å². The molecule has 1 aromatic carbocycles. The van der Waals surface area contributed by atoms with Crippen molar-refractivity contribution >= 4 is 36.1 Å². The van der Waals surface area contributed by atoms with E-state index >= 15 is 0 Å². The highest BCUT2D eigenvalue weighted by atomic mass is 32.2. The van der Waals surface area contributed by atoms with Crippen LogP contribution in [0.15, 0.2) is 41.4 Å². The quantitative estimate of drug-likeness (QED) is 0.458. The maximum Gasteiger partial charge on any atom is 0.264 e. The Morgan fingerprint density at radius 1 is 1.18 bits per heavy atom. The normalized spacial score (nSPS) is 19.1. The lowest BCUT2D eigenvalue weighted by Crippen LogP contribution is -2.42. The molecule has 174 valence electrons. The number of aryl methyl sites for hydroxylation is 1. The average molecular weight is 466 g/mol. The number of hydrogen-bond acceptors (Lipinski definition) is 7. The van der Waals surface area contributed by atoms with Crippen LogP contribution in [0, 0.1) is 5.92 Å². The van der Waals surface area contributed by atoms with Crippen LogP contribution in [0.1, 0.15) is 36.1 Å². The van der Waals surface area contributed by atoms with Gasteiger partial charge in [0.1, 0.15) is 0 Å². The highest BCUT2D eigenvalue weighted by Gasteiger charge is 2.23. The number of aromatic nitrogens is 2. The summed E-state index contributed by atoms with van der Waals surface area (Å²) in [6, 6.07) is 11.2. The van der Waals surface area contributed by atoms with Crippen molar-refractivity contribution in [3.8, 4) is 0 Å². The number of amides is 2. The van der Waals surface area contributed by atoms with E-state index in [-0.39, 0.29) is 0 Å². The van der Waals surface area contributed by atoms with Gasteiger partial charge in [0.05, 0.1) is 10.6 Å². The Kier molecular flexibility index (Phi) is 8.12. The number of imide groups is 1. The van der Waals surface area contributed by atoms with Crippen molar-refractivity contribution < 1.29 is 9.59 Å². The Morgan fingerprint density at radius 3 is 2.73 bits per heavy atom. The average Bonchev–Trinajstić information content (AvgIpc) is 2.86. The van der Waals surface area contributed by atoms with Crippen LogP contribution in [0.3, 0.4) is 0 Å². The minimum atomic E-state index is -0.424. The maximum absolute atomic E-state index is 11.9. The molecule has 1 atom stereocenters. The van der Waals surface area contributed by atoms with Crippen molar-refractivity contribution in [2.45, 2.75) is 38.1 Å². The van der Waals surface area contributed by atoms with Gasteiger partial charge in [-0.05, 0) is 74.1 Å². The van der Waals surface area contributed by atoms with E-state index in [4.69, 9.17) is 0 Å². The number of nitrogens with one attached hydrogen (secondary N) is 2. The number of carbonyl (C=O) groups is 2. The van der Waals surface area contributed by atoms with Gasteiger partial charge in [-0.2, -0.15) is 0 Å². The predicted molar refractivity (Wildman–Crippen MR) is 133 cm³/mol. The summed E-state index contributed by atoms with van der Waals surface area (Å²) in [6.07, 6.45) is 11.3. The fourth-order valence-electron chi connectivity index (χ4n) is 4.61. The van der Waals surface area contributed by atoms with Crippen LogP contribution in [-0.2, 0) is 22.4 Å². The summed E-state index contributed by atoms with van der Waals surface area (Å²) in [6.45, 7) is 2.91. The molecule has 1 aliphatic carbocycles. The molecule has 0 bridgehead atoms. The summed E-state index contributed by atoms with van der Waals surface area (Å²) in [5.41, 5.74) is 3.66. The molecule has 33 heavy (non-hydrogen) atoms. The molecule has 4 rings (SSSR count). The highest BCUT2D eigenvalue weighted by Crippen LogP contribution is 2.24. The molecule has 1 saturated heterocycles. The Bertz CT molecular complexity index is 1000. The van der Waals surface area contributed by atoms with Crippen LogP contribution in [0.5, 0.6) is 0 Å². The van der Waals surface area contributed by atoms with E-state index in [1.54, 1.807) is 24.6 Å². The van der Waals surface area contributed by atoms with Gasteiger partial charge in [-0.3, -0.25) is 14.9 Å². The summed E-state index contributed by atoms with van der Waals surface area (Å²) < 4.78 is 0. The summed E-state index contributed by atoms with van der Waals surface area (Å²) in [4.78, 5) is 34.2. The van der Waals surface area contributed by atoms with Crippen molar-refractivity contribution in [2.75, 3.05) is 30.8 Å². The number of piperidine rings is 1. The lowest BCUT2D eigenvalue weighted by Gasteiger charge is -2.33. The number of benzene rings is 1. The summed E-state index contributed by atoms with van der Waals surface area (Å²) in [5.74, 6) is 0.930. The SMILES string of the molecule is CS/C(=C\c1ccnc(N2CCC(CNC3CCc4ccccc4C3)CC2)n1)C(=O)NC=O. The standard InChI is InChI=1S/C25H31N5O2S/c1-33-23(24(32)28-17-31)15-22-8-11-26-25(29-22)30-12-9-18(10-13-30)16-27-21-7-6-19-4-2-3-5-20(19)14-21/h2-5,8,11,15,17-18,21,27H,6-7,9-10,12-14,16H2,1H3,(H,28,31,32)/b23-15-. The lowest BCUT2D eigenvalue weighted by atomic mass is 9.87. The molecule has 1 unspecified atom stereocenters. The van der Waals surface area contributed by atoms with Crippen LogP contribution in [0.4, 0.5) is 5.95 Å². The first-order valence-electron chi connectivity index (χ1n) is 11.5. The molecule has 1 aromatic heterocycles. The van der Waals surface area contributed by atoms with E-state index in [1.165, 1.54) is 35.7 Å². The summed E-state index contributed by atoms with van der Waals surface area (Å²) in [7, 11) is 0. The number of thioether (sulfide) groups is 1. The van der Waals surface area contributed by atoms with Gasteiger partial charge in [0.25, 0.3) is 5.91 Å². The first-order valence-corrected chi connectivity index (χ1v) is 12.8. The molecular formula is C25H31N5O2S. The number of nitrogens with zero attached hydrogens (tertiary/aromatic N) is 3. The summed E-state index contributed by atoms with van der Waals surface area (Å²) in [5, 5.41) is 5.99. The molecule has 0 saturated carbocycles. The third-order valence-corrected chi connectivity index (χ3v) is 7.26. The monoisotopic (exact) mass is 465 g/mol. The molecule has 1 aliphatic heterocycles. The maximum atomic E-state index is 11.9.